The third kappa shape index (κ3) is 3.79. The first kappa shape index (κ1) is 12.3. The zero-order valence-electron chi connectivity index (χ0n) is 9.75. The van der Waals surface area contributed by atoms with Gasteiger partial charge in [0.25, 0.3) is 0 Å². The van der Waals surface area contributed by atoms with Crippen molar-refractivity contribution in [3.05, 3.63) is 0 Å². The number of thioether (sulfide) groups is 1. The van der Waals surface area contributed by atoms with Crippen LogP contribution in [0.25, 0.3) is 0 Å². The van der Waals surface area contributed by atoms with Crippen LogP contribution < -0.4 is 5.32 Å². The second-order valence-corrected chi connectivity index (χ2v) is 5.33. The maximum absolute atomic E-state index is 3.44. The fourth-order valence-electron chi connectivity index (χ4n) is 2.37. The van der Waals surface area contributed by atoms with Gasteiger partial charge in [0.2, 0.25) is 0 Å². The van der Waals surface area contributed by atoms with Gasteiger partial charge in [-0.05, 0) is 39.1 Å². The van der Waals surface area contributed by atoms with Crippen LogP contribution in [0.1, 0.15) is 19.3 Å². The Kier molecular flexibility index (Phi) is 5.90. The lowest BCUT2D eigenvalue weighted by Crippen LogP contribution is -2.37. The van der Waals surface area contributed by atoms with E-state index in [-0.39, 0.29) is 0 Å². The quantitative estimate of drug-likeness (QED) is 0.727. The van der Waals surface area contributed by atoms with Gasteiger partial charge >= 0.3 is 0 Å². The zero-order valence-corrected chi connectivity index (χ0v) is 10.6. The van der Waals surface area contributed by atoms with Gasteiger partial charge in [-0.15, -0.1) is 0 Å². The molecule has 1 aliphatic rings. The molecule has 0 aromatic carbocycles. The topological polar surface area (TPSA) is 15.3 Å². The minimum atomic E-state index is 0.770. The van der Waals surface area contributed by atoms with E-state index in [0.29, 0.717) is 0 Å². The van der Waals surface area contributed by atoms with E-state index in [2.05, 4.69) is 30.6 Å². The van der Waals surface area contributed by atoms with Crippen LogP contribution in [0.4, 0.5) is 0 Å². The Labute approximate surface area is 92.8 Å². The van der Waals surface area contributed by atoms with Crippen LogP contribution in [0.2, 0.25) is 0 Å². The van der Waals surface area contributed by atoms with Crippen molar-refractivity contribution in [1.29, 1.82) is 0 Å². The molecule has 84 valence electrons. The highest BCUT2D eigenvalue weighted by atomic mass is 32.2. The fraction of sp³-hybridized carbons (Fsp3) is 1.00. The van der Waals surface area contributed by atoms with Gasteiger partial charge in [-0.25, -0.2) is 0 Å². The summed E-state index contributed by atoms with van der Waals surface area (Å²) in [5.41, 5.74) is 0. The van der Waals surface area contributed by atoms with E-state index < -0.39 is 0 Å². The van der Waals surface area contributed by atoms with Gasteiger partial charge in [0.1, 0.15) is 0 Å². The summed E-state index contributed by atoms with van der Waals surface area (Å²) >= 11 is 1.94. The number of rotatable bonds is 6. The Hall–Kier alpha value is 0.270. The SMILES string of the molecule is CNC1CCCC1CN(C)CCSC. The predicted octanol–water partition coefficient (Wildman–Crippen LogP) is 1.67. The van der Waals surface area contributed by atoms with Crippen molar-refractivity contribution in [3.8, 4) is 0 Å². The second kappa shape index (κ2) is 6.70. The Balaban J connectivity index is 2.21. The summed E-state index contributed by atoms with van der Waals surface area (Å²) in [6.07, 6.45) is 6.37. The molecule has 0 radical (unpaired) electrons. The first-order valence-electron chi connectivity index (χ1n) is 5.62. The van der Waals surface area contributed by atoms with Crippen molar-refractivity contribution in [1.82, 2.24) is 10.2 Å². The van der Waals surface area contributed by atoms with Crippen molar-refractivity contribution < 1.29 is 0 Å². The Morgan fingerprint density at radius 1 is 1.43 bits per heavy atom. The summed E-state index contributed by atoms with van der Waals surface area (Å²) in [6, 6.07) is 0.770. The standard InChI is InChI=1S/C11H24N2S/c1-12-11-6-4-5-10(11)9-13(2)7-8-14-3/h10-12H,4-9H2,1-3H3. The molecule has 0 saturated heterocycles. The molecule has 3 heteroatoms. The van der Waals surface area contributed by atoms with E-state index >= 15 is 0 Å². The van der Waals surface area contributed by atoms with Crippen LogP contribution in [-0.4, -0.2) is 50.1 Å². The third-order valence-electron chi connectivity index (χ3n) is 3.25. The molecule has 2 unspecified atom stereocenters. The molecule has 0 aromatic heterocycles. The summed E-state index contributed by atoms with van der Waals surface area (Å²) in [5.74, 6) is 2.14. The van der Waals surface area contributed by atoms with Crippen LogP contribution in [0.5, 0.6) is 0 Å². The molecule has 0 spiro atoms. The lowest BCUT2D eigenvalue weighted by atomic mass is 10.0. The van der Waals surface area contributed by atoms with E-state index in [1.165, 1.54) is 38.1 Å². The zero-order chi connectivity index (χ0) is 10.4. The van der Waals surface area contributed by atoms with Crippen molar-refractivity contribution >= 4 is 11.8 Å². The molecule has 0 aromatic rings. The van der Waals surface area contributed by atoms with E-state index in [1.807, 2.05) is 11.8 Å². The molecular weight excluding hydrogens is 192 g/mol. The van der Waals surface area contributed by atoms with Crippen LogP contribution in [0.3, 0.4) is 0 Å². The Morgan fingerprint density at radius 3 is 2.86 bits per heavy atom. The summed E-state index contributed by atoms with van der Waals surface area (Å²) in [6.45, 7) is 2.50. The Bertz CT molecular complexity index is 152. The van der Waals surface area contributed by atoms with Crippen LogP contribution in [0, 0.1) is 5.92 Å². The maximum Gasteiger partial charge on any atom is 0.0104 e. The van der Waals surface area contributed by atoms with Crippen molar-refractivity contribution in [2.75, 3.05) is 39.2 Å². The lowest BCUT2D eigenvalue weighted by molar-refractivity contribution is 0.267. The Morgan fingerprint density at radius 2 is 2.21 bits per heavy atom. The van der Waals surface area contributed by atoms with Gasteiger partial charge in [0.05, 0.1) is 0 Å². The summed E-state index contributed by atoms with van der Waals surface area (Å²) < 4.78 is 0. The predicted molar refractivity (Wildman–Crippen MR) is 66.1 cm³/mol. The monoisotopic (exact) mass is 216 g/mol. The molecule has 2 atom stereocenters. The van der Waals surface area contributed by atoms with Crippen molar-refractivity contribution in [2.24, 2.45) is 5.92 Å². The minimum Gasteiger partial charge on any atom is -0.317 e. The molecule has 14 heavy (non-hydrogen) atoms. The fourth-order valence-corrected chi connectivity index (χ4v) is 2.87. The van der Waals surface area contributed by atoms with Gasteiger partial charge in [0, 0.05) is 24.9 Å². The summed E-state index contributed by atoms with van der Waals surface area (Å²) in [7, 11) is 4.35. The van der Waals surface area contributed by atoms with Crippen LogP contribution in [-0.2, 0) is 0 Å². The average molecular weight is 216 g/mol. The molecule has 1 saturated carbocycles. The van der Waals surface area contributed by atoms with E-state index in [0.717, 1.165) is 12.0 Å². The molecule has 1 fully saturated rings. The molecule has 0 bridgehead atoms. The lowest BCUT2D eigenvalue weighted by Gasteiger charge is -2.25. The average Bonchev–Trinajstić information content (AvgIpc) is 2.62. The maximum atomic E-state index is 3.44. The molecule has 1 N–H and O–H groups in total. The van der Waals surface area contributed by atoms with Crippen LogP contribution >= 0.6 is 11.8 Å². The molecule has 0 aliphatic heterocycles. The minimum absolute atomic E-state index is 0.770. The number of hydrogen-bond donors (Lipinski definition) is 1. The normalized spacial score (nSPS) is 27.4. The second-order valence-electron chi connectivity index (χ2n) is 4.34. The number of nitrogens with zero attached hydrogens (tertiary/aromatic N) is 1. The highest BCUT2D eigenvalue weighted by molar-refractivity contribution is 7.98. The number of hydrogen-bond acceptors (Lipinski definition) is 3. The molecule has 0 heterocycles. The van der Waals surface area contributed by atoms with Gasteiger partial charge < -0.3 is 10.2 Å². The summed E-state index contributed by atoms with van der Waals surface area (Å²) in [5, 5.41) is 3.44. The smallest absolute Gasteiger partial charge is 0.0104 e. The van der Waals surface area contributed by atoms with E-state index in [9.17, 15) is 0 Å². The van der Waals surface area contributed by atoms with Crippen LogP contribution in [0.15, 0.2) is 0 Å². The van der Waals surface area contributed by atoms with Gasteiger partial charge in [-0.1, -0.05) is 6.42 Å². The first-order chi connectivity index (χ1) is 6.77. The van der Waals surface area contributed by atoms with E-state index in [1.54, 1.807) is 0 Å². The van der Waals surface area contributed by atoms with E-state index in [4.69, 9.17) is 0 Å². The summed E-state index contributed by atoms with van der Waals surface area (Å²) in [4.78, 5) is 2.48. The van der Waals surface area contributed by atoms with Crippen molar-refractivity contribution in [2.45, 2.75) is 25.3 Å². The first-order valence-corrected chi connectivity index (χ1v) is 7.02. The third-order valence-corrected chi connectivity index (χ3v) is 3.84. The molecular formula is C11H24N2S. The van der Waals surface area contributed by atoms with Gasteiger partial charge in [-0.3, -0.25) is 0 Å². The highest BCUT2D eigenvalue weighted by Crippen LogP contribution is 2.25. The number of nitrogens with one attached hydrogen (secondary N) is 1. The van der Waals surface area contributed by atoms with Gasteiger partial charge in [0.15, 0.2) is 0 Å². The molecule has 1 rings (SSSR count). The van der Waals surface area contributed by atoms with Gasteiger partial charge in [-0.2, -0.15) is 11.8 Å². The van der Waals surface area contributed by atoms with Crippen molar-refractivity contribution in [3.63, 3.8) is 0 Å². The largest absolute Gasteiger partial charge is 0.317 e. The molecule has 1 aliphatic carbocycles. The molecule has 2 nitrogen and oxygen atoms in total. The molecule has 0 amide bonds. The highest BCUT2D eigenvalue weighted by Gasteiger charge is 2.26.